The van der Waals surface area contributed by atoms with Crippen LogP contribution in [0.4, 0.5) is 0 Å². The summed E-state index contributed by atoms with van der Waals surface area (Å²) in [5, 5.41) is 3.04. The highest BCUT2D eigenvalue weighted by Crippen LogP contribution is 2.40. The van der Waals surface area contributed by atoms with E-state index in [2.05, 4.69) is 11.1 Å². The molecule has 130 valence electrons. The fourth-order valence-electron chi connectivity index (χ4n) is 3.45. The molecule has 0 bridgehead atoms. The smallest absolute Gasteiger partial charge is 0.355 e. The SMILES string of the molecule is CCOC(=O)c1[nH]c2cc(OC)c3ccccc3c2c1-c1ccccc1. The second kappa shape index (κ2) is 6.56. The van der Waals surface area contributed by atoms with Crippen molar-refractivity contribution in [2.45, 2.75) is 6.92 Å². The molecule has 4 rings (SSSR count). The third-order valence-corrected chi connectivity index (χ3v) is 4.53. The number of carbonyl (C=O) groups is 1. The van der Waals surface area contributed by atoms with Crippen molar-refractivity contribution in [1.82, 2.24) is 4.98 Å². The standard InChI is InChI=1S/C22H19NO3/c1-3-26-22(24)21-19(14-9-5-4-6-10-14)20-16-12-8-7-11-15(16)18(25-2)13-17(20)23-21/h4-13,23H,3H2,1-2H3. The molecule has 0 unspecified atom stereocenters. The first-order chi connectivity index (χ1) is 12.7. The quantitative estimate of drug-likeness (QED) is 0.519. The fraction of sp³-hybridized carbons (Fsp3) is 0.136. The third-order valence-electron chi connectivity index (χ3n) is 4.53. The van der Waals surface area contributed by atoms with Gasteiger partial charge in [0.25, 0.3) is 0 Å². The predicted octanol–water partition coefficient (Wildman–Crippen LogP) is 5.17. The van der Waals surface area contributed by atoms with Crippen molar-refractivity contribution in [2.24, 2.45) is 0 Å². The summed E-state index contributed by atoms with van der Waals surface area (Å²) in [7, 11) is 1.65. The van der Waals surface area contributed by atoms with Crippen LogP contribution >= 0.6 is 0 Å². The molecular weight excluding hydrogens is 326 g/mol. The lowest BCUT2D eigenvalue weighted by Crippen LogP contribution is -2.06. The molecule has 4 nitrogen and oxygen atoms in total. The minimum Gasteiger partial charge on any atom is -0.496 e. The molecule has 0 radical (unpaired) electrons. The van der Waals surface area contributed by atoms with E-state index in [1.54, 1.807) is 14.0 Å². The third kappa shape index (κ3) is 2.51. The molecule has 4 aromatic rings. The monoisotopic (exact) mass is 345 g/mol. The Labute approximate surface area is 151 Å². The molecule has 4 heteroatoms. The first-order valence-electron chi connectivity index (χ1n) is 8.58. The number of rotatable bonds is 4. The van der Waals surface area contributed by atoms with E-state index in [-0.39, 0.29) is 5.97 Å². The molecule has 0 amide bonds. The van der Waals surface area contributed by atoms with Crippen LogP contribution in [-0.2, 0) is 4.74 Å². The molecule has 26 heavy (non-hydrogen) atoms. The van der Waals surface area contributed by atoms with Crippen molar-refractivity contribution in [3.05, 3.63) is 66.4 Å². The first kappa shape index (κ1) is 16.2. The topological polar surface area (TPSA) is 51.3 Å². The van der Waals surface area contributed by atoms with Crippen LogP contribution in [-0.4, -0.2) is 24.7 Å². The molecule has 0 saturated heterocycles. The van der Waals surface area contributed by atoms with Crippen LogP contribution in [0.15, 0.2) is 60.7 Å². The van der Waals surface area contributed by atoms with Crippen molar-refractivity contribution in [3.8, 4) is 16.9 Å². The molecule has 0 aliphatic heterocycles. The normalized spacial score (nSPS) is 11.0. The Bertz CT molecular complexity index is 1100. The van der Waals surface area contributed by atoms with E-state index in [4.69, 9.17) is 9.47 Å². The predicted molar refractivity (Wildman–Crippen MR) is 104 cm³/mol. The Hall–Kier alpha value is -3.27. The number of aromatic nitrogens is 1. The van der Waals surface area contributed by atoms with E-state index in [1.165, 1.54) is 0 Å². The largest absolute Gasteiger partial charge is 0.496 e. The number of methoxy groups -OCH3 is 1. The average Bonchev–Trinajstić information content (AvgIpc) is 3.08. The van der Waals surface area contributed by atoms with Gasteiger partial charge >= 0.3 is 5.97 Å². The second-order valence-corrected chi connectivity index (χ2v) is 6.01. The van der Waals surface area contributed by atoms with Gasteiger partial charge in [0.2, 0.25) is 0 Å². The summed E-state index contributed by atoms with van der Waals surface area (Å²) in [4.78, 5) is 15.9. The first-order valence-corrected chi connectivity index (χ1v) is 8.58. The van der Waals surface area contributed by atoms with Crippen molar-refractivity contribution >= 4 is 27.6 Å². The lowest BCUT2D eigenvalue weighted by molar-refractivity contribution is 0.0521. The summed E-state index contributed by atoms with van der Waals surface area (Å²) >= 11 is 0. The van der Waals surface area contributed by atoms with E-state index >= 15 is 0 Å². The van der Waals surface area contributed by atoms with Crippen LogP contribution in [0.3, 0.4) is 0 Å². The van der Waals surface area contributed by atoms with Gasteiger partial charge < -0.3 is 14.5 Å². The molecule has 0 aliphatic carbocycles. The highest BCUT2D eigenvalue weighted by atomic mass is 16.5. The summed E-state index contributed by atoms with van der Waals surface area (Å²) in [6.45, 7) is 2.13. The summed E-state index contributed by atoms with van der Waals surface area (Å²) in [6, 6.07) is 19.9. The lowest BCUT2D eigenvalue weighted by Gasteiger charge is -2.09. The maximum absolute atomic E-state index is 12.6. The molecule has 0 fully saturated rings. The molecule has 0 aliphatic rings. The van der Waals surface area contributed by atoms with Crippen LogP contribution in [0.1, 0.15) is 17.4 Å². The number of nitrogens with one attached hydrogen (secondary N) is 1. The lowest BCUT2D eigenvalue weighted by atomic mass is 9.97. The Kier molecular flexibility index (Phi) is 4.09. The van der Waals surface area contributed by atoms with Crippen LogP contribution < -0.4 is 4.74 Å². The van der Waals surface area contributed by atoms with Gasteiger partial charge in [-0.25, -0.2) is 4.79 Å². The van der Waals surface area contributed by atoms with E-state index in [0.717, 1.165) is 38.6 Å². The summed E-state index contributed by atoms with van der Waals surface area (Å²) < 4.78 is 10.8. The Morgan fingerprint density at radius 1 is 1.00 bits per heavy atom. The summed E-state index contributed by atoms with van der Waals surface area (Å²) in [6.07, 6.45) is 0. The molecule has 0 atom stereocenters. The molecule has 1 N–H and O–H groups in total. The number of fused-ring (bicyclic) bond motifs is 3. The van der Waals surface area contributed by atoms with E-state index in [1.807, 2.05) is 54.6 Å². The van der Waals surface area contributed by atoms with Gasteiger partial charge in [-0.15, -0.1) is 0 Å². The highest BCUT2D eigenvalue weighted by molar-refractivity contribution is 6.19. The number of aromatic amines is 1. The van der Waals surface area contributed by atoms with E-state index < -0.39 is 0 Å². The highest BCUT2D eigenvalue weighted by Gasteiger charge is 2.22. The number of benzene rings is 3. The van der Waals surface area contributed by atoms with Crippen molar-refractivity contribution in [1.29, 1.82) is 0 Å². The van der Waals surface area contributed by atoms with Crippen molar-refractivity contribution in [2.75, 3.05) is 13.7 Å². The summed E-state index contributed by atoms with van der Waals surface area (Å²) in [5.41, 5.74) is 3.14. The number of hydrogen-bond donors (Lipinski definition) is 1. The number of hydrogen-bond acceptors (Lipinski definition) is 3. The zero-order chi connectivity index (χ0) is 18.1. The number of carbonyl (C=O) groups excluding carboxylic acids is 1. The molecule has 3 aromatic carbocycles. The molecule has 0 spiro atoms. The molecule has 1 aromatic heterocycles. The second-order valence-electron chi connectivity index (χ2n) is 6.01. The number of H-pyrrole nitrogens is 1. The van der Waals surface area contributed by atoms with Gasteiger partial charge in [0.1, 0.15) is 11.4 Å². The van der Waals surface area contributed by atoms with Gasteiger partial charge in [-0.1, -0.05) is 54.6 Å². The Morgan fingerprint density at radius 2 is 1.69 bits per heavy atom. The maximum atomic E-state index is 12.6. The van der Waals surface area contributed by atoms with Gasteiger partial charge in [0.05, 0.1) is 19.2 Å². The van der Waals surface area contributed by atoms with Crippen LogP contribution in [0, 0.1) is 0 Å². The Balaban J connectivity index is 2.15. The van der Waals surface area contributed by atoms with Crippen molar-refractivity contribution in [3.63, 3.8) is 0 Å². The minimum absolute atomic E-state index is 0.326. The molecule has 1 heterocycles. The number of esters is 1. The van der Waals surface area contributed by atoms with Gasteiger partial charge in [-0.3, -0.25) is 0 Å². The Morgan fingerprint density at radius 3 is 2.38 bits per heavy atom. The van der Waals surface area contributed by atoms with Crippen LogP contribution in [0.25, 0.3) is 32.8 Å². The fourth-order valence-corrected chi connectivity index (χ4v) is 3.45. The summed E-state index contributed by atoms with van der Waals surface area (Å²) in [5.74, 6) is 0.412. The van der Waals surface area contributed by atoms with Crippen LogP contribution in [0.2, 0.25) is 0 Å². The maximum Gasteiger partial charge on any atom is 0.355 e. The molecule has 0 saturated carbocycles. The van der Waals surface area contributed by atoms with Gasteiger partial charge in [-0.2, -0.15) is 0 Å². The van der Waals surface area contributed by atoms with Gasteiger partial charge in [0, 0.05) is 22.4 Å². The van der Waals surface area contributed by atoms with Crippen molar-refractivity contribution < 1.29 is 14.3 Å². The van der Waals surface area contributed by atoms with Gasteiger partial charge in [-0.05, 0) is 17.9 Å². The van der Waals surface area contributed by atoms with Gasteiger partial charge in [0.15, 0.2) is 0 Å². The van der Waals surface area contributed by atoms with Crippen LogP contribution in [0.5, 0.6) is 5.75 Å². The average molecular weight is 345 g/mol. The number of ether oxygens (including phenoxy) is 2. The molecular formula is C22H19NO3. The van der Waals surface area contributed by atoms with E-state index in [9.17, 15) is 4.79 Å². The zero-order valence-corrected chi connectivity index (χ0v) is 14.7. The zero-order valence-electron chi connectivity index (χ0n) is 14.7. The minimum atomic E-state index is -0.356. The van der Waals surface area contributed by atoms with E-state index in [0.29, 0.717) is 12.3 Å².